The molecule has 3 nitrogen and oxygen atoms in total. The van der Waals surface area contributed by atoms with E-state index < -0.39 is 0 Å². The van der Waals surface area contributed by atoms with Crippen LogP contribution in [-0.4, -0.2) is 4.98 Å². The van der Waals surface area contributed by atoms with Crippen molar-refractivity contribution in [1.29, 1.82) is 0 Å². The van der Waals surface area contributed by atoms with E-state index in [9.17, 15) is 5.21 Å². The summed E-state index contributed by atoms with van der Waals surface area (Å²) in [5.74, 6) is 0.733. The van der Waals surface area contributed by atoms with Gasteiger partial charge in [0, 0.05) is 0 Å². The second-order valence-electron chi connectivity index (χ2n) is 4.02. The zero-order valence-electron chi connectivity index (χ0n) is 9.19. The lowest BCUT2D eigenvalue weighted by atomic mass is 10.1. The maximum Gasteiger partial charge on any atom is 0.304 e. The van der Waals surface area contributed by atoms with Crippen molar-refractivity contribution >= 4 is 10.9 Å². The third-order valence-electron chi connectivity index (χ3n) is 2.56. The Morgan fingerprint density at radius 2 is 1.93 bits per heavy atom. The number of hydrogen-bond donors (Lipinski definition) is 0. The van der Waals surface area contributed by atoms with Crippen LogP contribution in [0.1, 0.15) is 31.3 Å². The van der Waals surface area contributed by atoms with E-state index in [1.807, 2.05) is 45.0 Å². The molecule has 0 fully saturated rings. The average molecular weight is 202 g/mol. The molecule has 15 heavy (non-hydrogen) atoms. The largest absolute Gasteiger partial charge is 0.711 e. The van der Waals surface area contributed by atoms with Gasteiger partial charge in [0.05, 0.1) is 11.3 Å². The molecule has 0 aliphatic heterocycles. The van der Waals surface area contributed by atoms with Gasteiger partial charge < -0.3 is 5.21 Å². The van der Waals surface area contributed by atoms with Gasteiger partial charge in [0.15, 0.2) is 5.52 Å². The molecule has 1 aromatic heterocycles. The lowest BCUT2D eigenvalue weighted by molar-refractivity contribution is -0.623. The highest BCUT2D eigenvalue weighted by atomic mass is 16.5. The summed E-state index contributed by atoms with van der Waals surface area (Å²) in [6.45, 7) is 5.79. The molecule has 0 bridgehead atoms. The summed E-state index contributed by atoms with van der Waals surface area (Å²) in [4.78, 5) is 4.39. The van der Waals surface area contributed by atoms with Gasteiger partial charge in [-0.2, -0.15) is 0 Å². The lowest BCUT2D eigenvalue weighted by Gasteiger charge is -2.12. The summed E-state index contributed by atoms with van der Waals surface area (Å²) in [6.07, 6.45) is 0. The molecule has 0 unspecified atom stereocenters. The minimum absolute atomic E-state index is 0.144. The van der Waals surface area contributed by atoms with Crippen LogP contribution >= 0.6 is 0 Å². The quantitative estimate of drug-likeness (QED) is 0.526. The fraction of sp³-hybridized carbons (Fsp3) is 0.333. The first-order valence-corrected chi connectivity index (χ1v) is 5.10. The van der Waals surface area contributed by atoms with Gasteiger partial charge in [-0.3, -0.25) is 0 Å². The van der Waals surface area contributed by atoms with Crippen molar-refractivity contribution in [2.75, 3.05) is 0 Å². The molecule has 0 saturated carbocycles. The second kappa shape index (κ2) is 3.50. The summed E-state index contributed by atoms with van der Waals surface area (Å²) in [7, 11) is 0. The van der Waals surface area contributed by atoms with Crippen molar-refractivity contribution in [3.05, 3.63) is 41.0 Å². The monoisotopic (exact) mass is 202 g/mol. The molecular weight excluding hydrogens is 188 g/mol. The summed E-state index contributed by atoms with van der Waals surface area (Å²) in [6, 6.07) is 7.73. The van der Waals surface area contributed by atoms with Crippen LogP contribution in [0.25, 0.3) is 10.9 Å². The van der Waals surface area contributed by atoms with E-state index in [2.05, 4.69) is 4.98 Å². The highest BCUT2D eigenvalue weighted by molar-refractivity contribution is 5.79. The van der Waals surface area contributed by atoms with E-state index in [1.54, 1.807) is 0 Å². The zero-order valence-corrected chi connectivity index (χ0v) is 9.19. The Morgan fingerprint density at radius 1 is 1.27 bits per heavy atom. The van der Waals surface area contributed by atoms with E-state index >= 15 is 0 Å². The first-order chi connectivity index (χ1) is 7.11. The molecule has 2 aromatic rings. The van der Waals surface area contributed by atoms with Crippen LogP contribution in [0.3, 0.4) is 0 Å². The molecule has 0 saturated heterocycles. The van der Waals surface area contributed by atoms with Gasteiger partial charge in [0.25, 0.3) is 0 Å². The molecular formula is C12H14N2O. The number of rotatable bonds is 1. The number of hydrogen-bond acceptors (Lipinski definition) is 2. The molecule has 0 aliphatic carbocycles. The average Bonchev–Trinajstić information content (AvgIpc) is 2.23. The molecule has 0 amide bonds. The van der Waals surface area contributed by atoms with Gasteiger partial charge in [-0.15, -0.1) is 0 Å². The highest BCUT2D eigenvalue weighted by Gasteiger charge is 2.17. The Bertz CT molecular complexity index is 506. The van der Waals surface area contributed by atoms with Gasteiger partial charge in [-0.05, 0) is 24.0 Å². The smallest absolute Gasteiger partial charge is 0.304 e. The van der Waals surface area contributed by atoms with Crippen LogP contribution < -0.4 is 4.73 Å². The maximum absolute atomic E-state index is 11.9. The number of fused-ring (bicyclic) bond motifs is 1. The Hall–Kier alpha value is -1.64. The predicted octanol–water partition coefficient (Wildman–Crippen LogP) is 2.30. The number of nitrogens with zero attached hydrogens (tertiary/aromatic N) is 2. The van der Waals surface area contributed by atoms with Crippen LogP contribution in [0.15, 0.2) is 24.3 Å². The summed E-state index contributed by atoms with van der Waals surface area (Å²) < 4.78 is 0.938. The first-order valence-electron chi connectivity index (χ1n) is 5.10. The topological polar surface area (TPSA) is 39.8 Å². The summed E-state index contributed by atoms with van der Waals surface area (Å²) >= 11 is 0. The van der Waals surface area contributed by atoms with Crippen molar-refractivity contribution < 1.29 is 4.73 Å². The number of para-hydroxylation sites is 1. The molecule has 0 spiro atoms. The molecule has 0 N–H and O–H groups in total. The molecule has 0 aliphatic rings. The van der Waals surface area contributed by atoms with Crippen molar-refractivity contribution in [2.24, 2.45) is 0 Å². The highest BCUT2D eigenvalue weighted by Crippen LogP contribution is 2.16. The molecule has 0 radical (unpaired) electrons. The summed E-state index contributed by atoms with van der Waals surface area (Å²) in [5, 5.41) is 12.8. The summed E-state index contributed by atoms with van der Waals surface area (Å²) in [5.41, 5.74) is 1.62. The van der Waals surface area contributed by atoms with Gasteiger partial charge in [0.2, 0.25) is 0 Å². The predicted molar refractivity (Wildman–Crippen MR) is 59.5 cm³/mol. The third kappa shape index (κ3) is 1.54. The molecule has 2 rings (SSSR count). The molecule has 1 aromatic carbocycles. The van der Waals surface area contributed by atoms with Crippen LogP contribution in [-0.2, 0) is 0 Å². The fourth-order valence-electron chi connectivity index (χ4n) is 1.69. The Kier molecular flexibility index (Phi) is 2.31. The number of aromatic nitrogens is 2. The van der Waals surface area contributed by atoms with Crippen molar-refractivity contribution in [2.45, 2.75) is 26.7 Å². The standard InChI is InChI=1S/C12H14N2O/c1-8(2)12-13-11-7-5-4-6-10(11)9(3)14(12)15/h4-8H,1-3H3. The Morgan fingerprint density at radius 3 is 2.60 bits per heavy atom. The maximum atomic E-state index is 11.9. The van der Waals surface area contributed by atoms with Gasteiger partial charge >= 0.3 is 5.82 Å². The molecule has 78 valence electrons. The van der Waals surface area contributed by atoms with Gasteiger partial charge in [-0.25, -0.2) is 4.73 Å². The Labute approximate surface area is 89.0 Å². The van der Waals surface area contributed by atoms with E-state index in [4.69, 9.17) is 0 Å². The van der Waals surface area contributed by atoms with Crippen LogP contribution in [0.2, 0.25) is 0 Å². The van der Waals surface area contributed by atoms with Crippen LogP contribution in [0.5, 0.6) is 0 Å². The first kappa shape index (κ1) is 9.90. The van der Waals surface area contributed by atoms with Crippen LogP contribution in [0, 0.1) is 12.1 Å². The molecule has 3 heteroatoms. The van der Waals surface area contributed by atoms with Gasteiger partial charge in [0.1, 0.15) is 5.69 Å². The SMILES string of the molecule is Cc1c2ccccc2nc(C(C)C)[n+]1[O-]. The normalized spacial score (nSPS) is 11.2. The second-order valence-corrected chi connectivity index (χ2v) is 4.02. The van der Waals surface area contributed by atoms with Crippen LogP contribution in [0.4, 0.5) is 0 Å². The van der Waals surface area contributed by atoms with Crippen molar-refractivity contribution in [1.82, 2.24) is 4.98 Å². The van der Waals surface area contributed by atoms with Crippen molar-refractivity contribution in [3.8, 4) is 0 Å². The number of benzene rings is 1. The number of aryl methyl sites for hydroxylation is 1. The third-order valence-corrected chi connectivity index (χ3v) is 2.56. The van der Waals surface area contributed by atoms with Gasteiger partial charge in [-0.1, -0.05) is 26.0 Å². The molecule has 0 atom stereocenters. The minimum Gasteiger partial charge on any atom is -0.711 e. The van der Waals surface area contributed by atoms with E-state index in [0.29, 0.717) is 5.82 Å². The minimum atomic E-state index is 0.144. The van der Waals surface area contributed by atoms with E-state index in [-0.39, 0.29) is 5.92 Å². The van der Waals surface area contributed by atoms with E-state index in [0.717, 1.165) is 21.3 Å². The van der Waals surface area contributed by atoms with E-state index in [1.165, 1.54) is 0 Å². The zero-order chi connectivity index (χ0) is 11.0. The van der Waals surface area contributed by atoms with Crippen molar-refractivity contribution in [3.63, 3.8) is 0 Å². The Balaban J connectivity index is 2.82. The lowest BCUT2D eigenvalue weighted by Crippen LogP contribution is -2.37. The molecule has 1 heterocycles. The fourth-order valence-corrected chi connectivity index (χ4v) is 1.69.